The van der Waals surface area contributed by atoms with Crippen molar-refractivity contribution in [2.75, 3.05) is 39.9 Å². The minimum absolute atomic E-state index is 0.761. The van der Waals surface area contributed by atoms with Crippen LogP contribution < -0.4 is 5.32 Å². The number of ether oxygens (including phenoxy) is 1. The lowest BCUT2D eigenvalue weighted by molar-refractivity contribution is 0.110. The molecule has 18 heavy (non-hydrogen) atoms. The first-order valence-corrected chi connectivity index (χ1v) is 7.75. The van der Waals surface area contributed by atoms with E-state index < -0.39 is 0 Å². The third kappa shape index (κ3) is 4.52. The summed E-state index contributed by atoms with van der Waals surface area (Å²) in [7, 11) is 1.81. The topological polar surface area (TPSA) is 24.5 Å². The van der Waals surface area contributed by atoms with E-state index in [2.05, 4.69) is 17.1 Å². The second kappa shape index (κ2) is 7.46. The molecular weight excluding hydrogens is 224 g/mol. The summed E-state index contributed by atoms with van der Waals surface area (Å²) in [5.41, 5.74) is 0. The summed E-state index contributed by atoms with van der Waals surface area (Å²) in [4.78, 5) is 2.66. The Labute approximate surface area is 112 Å². The number of hydrogen-bond donors (Lipinski definition) is 1. The van der Waals surface area contributed by atoms with Crippen LogP contribution in [-0.4, -0.2) is 50.8 Å². The van der Waals surface area contributed by atoms with E-state index in [-0.39, 0.29) is 0 Å². The van der Waals surface area contributed by atoms with Gasteiger partial charge < -0.3 is 10.1 Å². The molecule has 106 valence electrons. The van der Waals surface area contributed by atoms with Gasteiger partial charge in [-0.3, -0.25) is 4.90 Å². The van der Waals surface area contributed by atoms with Gasteiger partial charge in [0.1, 0.15) is 0 Å². The van der Waals surface area contributed by atoms with Crippen molar-refractivity contribution in [1.29, 1.82) is 0 Å². The zero-order valence-electron chi connectivity index (χ0n) is 12.2. The summed E-state index contributed by atoms with van der Waals surface area (Å²) in [5.74, 6) is 1.86. The predicted octanol–water partition coefficient (Wildman–Crippen LogP) is 2.12. The van der Waals surface area contributed by atoms with Gasteiger partial charge in [0, 0.05) is 19.7 Å². The Bertz CT molecular complexity index is 225. The molecule has 2 fully saturated rings. The van der Waals surface area contributed by atoms with Gasteiger partial charge in [0.25, 0.3) is 0 Å². The SMILES string of the molecule is COCCN(CCC1CCCNC1)C(C)C1CC1. The lowest BCUT2D eigenvalue weighted by atomic mass is 9.95. The van der Waals surface area contributed by atoms with E-state index in [0.717, 1.165) is 31.0 Å². The molecule has 0 bridgehead atoms. The maximum Gasteiger partial charge on any atom is 0.0589 e. The van der Waals surface area contributed by atoms with Crippen LogP contribution >= 0.6 is 0 Å². The van der Waals surface area contributed by atoms with Gasteiger partial charge in [-0.15, -0.1) is 0 Å². The van der Waals surface area contributed by atoms with Crippen LogP contribution in [0.2, 0.25) is 0 Å². The monoisotopic (exact) mass is 254 g/mol. The zero-order valence-corrected chi connectivity index (χ0v) is 12.2. The van der Waals surface area contributed by atoms with Crippen LogP contribution in [0.15, 0.2) is 0 Å². The molecule has 0 aromatic carbocycles. The van der Waals surface area contributed by atoms with Gasteiger partial charge >= 0.3 is 0 Å². The van der Waals surface area contributed by atoms with Crippen LogP contribution in [0.3, 0.4) is 0 Å². The quantitative estimate of drug-likeness (QED) is 0.718. The van der Waals surface area contributed by atoms with Crippen LogP contribution in [0.4, 0.5) is 0 Å². The number of piperidine rings is 1. The van der Waals surface area contributed by atoms with Crippen molar-refractivity contribution in [2.45, 2.75) is 45.1 Å². The Kier molecular flexibility index (Phi) is 5.93. The first-order chi connectivity index (χ1) is 8.81. The third-order valence-electron chi connectivity index (χ3n) is 4.69. The van der Waals surface area contributed by atoms with Gasteiger partial charge in [-0.2, -0.15) is 0 Å². The standard InChI is InChI=1S/C15H30N2O/c1-13(15-5-6-15)17(10-11-18-2)9-7-14-4-3-8-16-12-14/h13-16H,3-12H2,1-2H3. The first kappa shape index (κ1) is 14.3. The highest BCUT2D eigenvalue weighted by Gasteiger charge is 2.31. The van der Waals surface area contributed by atoms with E-state index in [1.54, 1.807) is 0 Å². The molecule has 3 nitrogen and oxygen atoms in total. The van der Waals surface area contributed by atoms with E-state index in [4.69, 9.17) is 4.74 Å². The maximum absolute atomic E-state index is 5.26. The molecule has 1 saturated heterocycles. The Morgan fingerprint density at radius 2 is 2.11 bits per heavy atom. The molecule has 0 aromatic rings. The summed E-state index contributed by atoms with van der Waals surface area (Å²) in [5, 5.41) is 3.52. The normalized spacial score (nSPS) is 26.5. The fourth-order valence-electron chi connectivity index (χ4n) is 3.12. The van der Waals surface area contributed by atoms with E-state index in [0.29, 0.717) is 0 Å². The van der Waals surface area contributed by atoms with Crippen molar-refractivity contribution in [1.82, 2.24) is 10.2 Å². The molecule has 2 aliphatic rings. The summed E-state index contributed by atoms with van der Waals surface area (Å²) < 4.78 is 5.26. The van der Waals surface area contributed by atoms with Crippen LogP contribution in [0.1, 0.15) is 39.0 Å². The van der Waals surface area contributed by atoms with Gasteiger partial charge in [-0.05, 0) is 70.5 Å². The molecule has 1 saturated carbocycles. The second-order valence-corrected chi connectivity index (χ2v) is 6.11. The van der Waals surface area contributed by atoms with Crippen molar-refractivity contribution >= 4 is 0 Å². The Morgan fingerprint density at radius 3 is 2.72 bits per heavy atom. The molecule has 3 heteroatoms. The smallest absolute Gasteiger partial charge is 0.0589 e. The summed E-state index contributed by atoms with van der Waals surface area (Å²) in [6.07, 6.45) is 7.02. The number of rotatable bonds is 8. The van der Waals surface area contributed by atoms with Crippen LogP contribution in [0.25, 0.3) is 0 Å². The van der Waals surface area contributed by atoms with Gasteiger partial charge in [0.15, 0.2) is 0 Å². The van der Waals surface area contributed by atoms with Crippen molar-refractivity contribution < 1.29 is 4.74 Å². The zero-order chi connectivity index (χ0) is 12.8. The Balaban J connectivity index is 1.72. The van der Waals surface area contributed by atoms with Crippen molar-refractivity contribution in [2.24, 2.45) is 11.8 Å². The molecular formula is C15H30N2O. The minimum Gasteiger partial charge on any atom is -0.383 e. The van der Waals surface area contributed by atoms with E-state index in [1.165, 1.54) is 51.7 Å². The average molecular weight is 254 g/mol. The highest BCUT2D eigenvalue weighted by molar-refractivity contribution is 4.85. The molecule has 0 radical (unpaired) electrons. The first-order valence-electron chi connectivity index (χ1n) is 7.75. The van der Waals surface area contributed by atoms with Crippen LogP contribution in [0, 0.1) is 11.8 Å². The second-order valence-electron chi connectivity index (χ2n) is 6.11. The van der Waals surface area contributed by atoms with E-state index in [9.17, 15) is 0 Å². The molecule has 0 amide bonds. The predicted molar refractivity (Wildman–Crippen MR) is 75.8 cm³/mol. The number of methoxy groups -OCH3 is 1. The lowest BCUT2D eigenvalue weighted by Gasteiger charge is -2.31. The average Bonchev–Trinajstić information content (AvgIpc) is 3.24. The summed E-state index contributed by atoms with van der Waals surface area (Å²) >= 11 is 0. The van der Waals surface area contributed by atoms with Crippen LogP contribution in [-0.2, 0) is 4.74 Å². The summed E-state index contributed by atoms with van der Waals surface area (Å²) in [6.45, 7) is 8.10. The largest absolute Gasteiger partial charge is 0.383 e. The number of nitrogens with one attached hydrogen (secondary N) is 1. The number of hydrogen-bond acceptors (Lipinski definition) is 3. The highest BCUT2D eigenvalue weighted by atomic mass is 16.5. The van der Waals surface area contributed by atoms with Gasteiger partial charge in [-0.1, -0.05) is 0 Å². The lowest BCUT2D eigenvalue weighted by Crippen LogP contribution is -2.40. The van der Waals surface area contributed by atoms with Gasteiger partial charge in [0.2, 0.25) is 0 Å². The molecule has 2 atom stereocenters. The molecule has 2 unspecified atom stereocenters. The summed E-state index contributed by atoms with van der Waals surface area (Å²) in [6, 6.07) is 0.761. The maximum atomic E-state index is 5.26. The highest BCUT2D eigenvalue weighted by Crippen LogP contribution is 2.35. The fraction of sp³-hybridized carbons (Fsp3) is 1.00. The third-order valence-corrected chi connectivity index (χ3v) is 4.69. The molecule has 1 aliphatic heterocycles. The molecule has 0 spiro atoms. The molecule has 0 aromatic heterocycles. The molecule has 1 heterocycles. The Hall–Kier alpha value is -0.120. The van der Waals surface area contributed by atoms with Crippen molar-refractivity contribution in [3.8, 4) is 0 Å². The van der Waals surface area contributed by atoms with Gasteiger partial charge in [0.05, 0.1) is 6.61 Å². The fourth-order valence-corrected chi connectivity index (χ4v) is 3.12. The van der Waals surface area contributed by atoms with Crippen LogP contribution in [0.5, 0.6) is 0 Å². The minimum atomic E-state index is 0.761. The van der Waals surface area contributed by atoms with E-state index >= 15 is 0 Å². The Morgan fingerprint density at radius 1 is 1.28 bits per heavy atom. The van der Waals surface area contributed by atoms with E-state index in [1.807, 2.05) is 7.11 Å². The number of nitrogens with zero attached hydrogens (tertiary/aromatic N) is 1. The molecule has 1 N–H and O–H groups in total. The van der Waals surface area contributed by atoms with Crippen molar-refractivity contribution in [3.05, 3.63) is 0 Å². The van der Waals surface area contributed by atoms with Crippen molar-refractivity contribution in [3.63, 3.8) is 0 Å². The van der Waals surface area contributed by atoms with Gasteiger partial charge in [-0.25, -0.2) is 0 Å². The molecule has 1 aliphatic carbocycles. The molecule has 2 rings (SSSR count).